The van der Waals surface area contributed by atoms with Crippen molar-refractivity contribution in [3.8, 4) is 11.4 Å². The second-order valence-electron chi connectivity index (χ2n) is 6.62. The molecule has 0 radical (unpaired) electrons. The summed E-state index contributed by atoms with van der Waals surface area (Å²) in [5.41, 5.74) is 11.4. The summed E-state index contributed by atoms with van der Waals surface area (Å²) >= 11 is 0. The molecule has 0 atom stereocenters. The van der Waals surface area contributed by atoms with Gasteiger partial charge in [0.25, 0.3) is 0 Å². The second-order valence-corrected chi connectivity index (χ2v) is 6.62. The van der Waals surface area contributed by atoms with Crippen molar-refractivity contribution in [3.63, 3.8) is 0 Å². The van der Waals surface area contributed by atoms with Gasteiger partial charge in [-0.25, -0.2) is 0 Å². The normalized spacial score (nSPS) is 10.8. The number of carbonyl (C=O) groups excluding carboxylic acids is 2. The van der Waals surface area contributed by atoms with Gasteiger partial charge < -0.3 is 5.73 Å². The molecule has 0 spiro atoms. The summed E-state index contributed by atoms with van der Waals surface area (Å²) in [4.78, 5) is 25.2. The van der Waals surface area contributed by atoms with Gasteiger partial charge in [0.15, 0.2) is 5.78 Å². The molecule has 3 rings (SSSR count). The van der Waals surface area contributed by atoms with E-state index in [1.807, 2.05) is 26.8 Å². The molecule has 2 aromatic carbocycles. The lowest BCUT2D eigenvalue weighted by atomic mass is 9.93. The van der Waals surface area contributed by atoms with Gasteiger partial charge in [-0.05, 0) is 73.4 Å². The Labute approximate surface area is 157 Å². The minimum atomic E-state index is -0.497. The van der Waals surface area contributed by atoms with E-state index in [1.54, 1.807) is 24.3 Å². The lowest BCUT2D eigenvalue weighted by Crippen LogP contribution is -2.15. The Balaban J connectivity index is 1.82. The summed E-state index contributed by atoms with van der Waals surface area (Å²) in [6.45, 7) is 8.04. The molecule has 1 heterocycles. The molecule has 0 unspecified atom stereocenters. The molecule has 1 aromatic heterocycles. The average molecular weight is 363 g/mol. The van der Waals surface area contributed by atoms with E-state index in [1.165, 1.54) is 10.4 Å². The van der Waals surface area contributed by atoms with Gasteiger partial charge in [-0.1, -0.05) is 12.1 Å². The van der Waals surface area contributed by atoms with E-state index >= 15 is 0 Å². The zero-order valence-electron chi connectivity index (χ0n) is 15.8. The van der Waals surface area contributed by atoms with Crippen LogP contribution in [0.5, 0.6) is 0 Å². The summed E-state index contributed by atoms with van der Waals surface area (Å²) in [6, 6.07) is 8.51. The first-order valence-corrected chi connectivity index (χ1v) is 8.56. The number of Topliss-reactive ketones (excluding diaryl/α,β-unsaturated/α-hetero) is 1. The number of hydrogen-bond acceptors (Lipinski definition) is 5. The largest absolute Gasteiger partial charge is 0.366 e. The molecule has 0 aliphatic heterocycles. The van der Waals surface area contributed by atoms with Crippen molar-refractivity contribution in [2.75, 3.05) is 0 Å². The molecule has 0 saturated heterocycles. The Bertz CT molecular complexity index is 1040. The Morgan fingerprint density at radius 1 is 1.00 bits per heavy atom. The molecule has 7 nitrogen and oxygen atoms in total. The van der Waals surface area contributed by atoms with Crippen LogP contribution in [0.3, 0.4) is 0 Å². The van der Waals surface area contributed by atoms with Crippen LogP contribution in [0.2, 0.25) is 0 Å². The molecule has 27 heavy (non-hydrogen) atoms. The van der Waals surface area contributed by atoms with Crippen molar-refractivity contribution < 1.29 is 9.59 Å². The third-order valence-corrected chi connectivity index (χ3v) is 4.95. The number of rotatable bonds is 5. The standard InChI is InChI=1S/C20H21N5O2/c1-11-9-17(14(4)13(3)12(11)2)18(26)10-25-23-20(22-24-25)16-7-5-15(6-8-16)19(21)27/h5-9H,10H2,1-4H3,(H2,21,27). The molecular weight excluding hydrogens is 342 g/mol. The smallest absolute Gasteiger partial charge is 0.248 e. The number of primary amides is 1. The highest BCUT2D eigenvalue weighted by Gasteiger charge is 2.16. The first-order valence-electron chi connectivity index (χ1n) is 8.56. The van der Waals surface area contributed by atoms with Crippen molar-refractivity contribution in [2.24, 2.45) is 5.73 Å². The Hall–Kier alpha value is -3.35. The van der Waals surface area contributed by atoms with Crippen LogP contribution in [0.15, 0.2) is 30.3 Å². The summed E-state index contributed by atoms with van der Waals surface area (Å²) in [6.07, 6.45) is 0. The number of nitrogens with zero attached hydrogens (tertiary/aromatic N) is 4. The third-order valence-electron chi connectivity index (χ3n) is 4.95. The molecule has 138 valence electrons. The van der Waals surface area contributed by atoms with E-state index in [2.05, 4.69) is 22.3 Å². The summed E-state index contributed by atoms with van der Waals surface area (Å²) in [5.74, 6) is -0.179. The van der Waals surface area contributed by atoms with Gasteiger partial charge in [0, 0.05) is 16.7 Å². The van der Waals surface area contributed by atoms with Crippen LogP contribution in [0.1, 0.15) is 43.0 Å². The number of benzene rings is 2. The fourth-order valence-electron chi connectivity index (χ4n) is 2.92. The van der Waals surface area contributed by atoms with Gasteiger partial charge in [0.05, 0.1) is 0 Å². The van der Waals surface area contributed by atoms with E-state index in [0.29, 0.717) is 22.5 Å². The Morgan fingerprint density at radius 3 is 2.30 bits per heavy atom. The molecule has 0 aliphatic carbocycles. The number of hydrogen-bond donors (Lipinski definition) is 1. The minimum Gasteiger partial charge on any atom is -0.366 e. The van der Waals surface area contributed by atoms with Crippen molar-refractivity contribution in [2.45, 2.75) is 34.2 Å². The van der Waals surface area contributed by atoms with Crippen LogP contribution in [-0.2, 0) is 6.54 Å². The zero-order valence-corrected chi connectivity index (χ0v) is 15.8. The van der Waals surface area contributed by atoms with E-state index in [4.69, 9.17) is 5.73 Å². The summed E-state index contributed by atoms with van der Waals surface area (Å²) in [5, 5.41) is 12.2. The fraction of sp³-hybridized carbons (Fsp3) is 0.250. The number of nitrogens with two attached hydrogens (primary N) is 1. The highest BCUT2D eigenvalue weighted by atomic mass is 16.1. The van der Waals surface area contributed by atoms with Crippen molar-refractivity contribution in [1.82, 2.24) is 20.2 Å². The van der Waals surface area contributed by atoms with Crippen LogP contribution in [-0.4, -0.2) is 31.9 Å². The van der Waals surface area contributed by atoms with E-state index in [0.717, 1.165) is 16.7 Å². The molecule has 1 amide bonds. The minimum absolute atomic E-state index is 0.00908. The molecule has 3 aromatic rings. The lowest BCUT2D eigenvalue weighted by molar-refractivity contribution is 0.0959. The topological polar surface area (TPSA) is 104 Å². The molecule has 7 heteroatoms. The molecular formula is C20H21N5O2. The van der Waals surface area contributed by atoms with Gasteiger partial charge in [-0.3, -0.25) is 9.59 Å². The maximum Gasteiger partial charge on any atom is 0.248 e. The van der Waals surface area contributed by atoms with E-state index in [9.17, 15) is 9.59 Å². The van der Waals surface area contributed by atoms with Gasteiger partial charge >= 0.3 is 0 Å². The number of ketones is 1. The van der Waals surface area contributed by atoms with Gasteiger partial charge in [0.2, 0.25) is 11.7 Å². The maximum absolute atomic E-state index is 12.7. The lowest BCUT2D eigenvalue weighted by Gasteiger charge is -2.13. The maximum atomic E-state index is 12.7. The third kappa shape index (κ3) is 3.62. The van der Waals surface area contributed by atoms with E-state index in [-0.39, 0.29) is 12.3 Å². The predicted molar refractivity (Wildman–Crippen MR) is 101 cm³/mol. The Kier molecular flexibility index (Phi) is 4.85. The van der Waals surface area contributed by atoms with Crippen LogP contribution in [0, 0.1) is 27.7 Å². The quantitative estimate of drug-likeness (QED) is 0.702. The molecule has 0 fully saturated rings. The van der Waals surface area contributed by atoms with E-state index < -0.39 is 5.91 Å². The van der Waals surface area contributed by atoms with Crippen LogP contribution >= 0.6 is 0 Å². The molecule has 0 bridgehead atoms. The molecule has 2 N–H and O–H groups in total. The average Bonchev–Trinajstić information content (AvgIpc) is 3.11. The van der Waals surface area contributed by atoms with Crippen LogP contribution < -0.4 is 5.73 Å². The number of carbonyl (C=O) groups is 2. The summed E-state index contributed by atoms with van der Waals surface area (Å²) < 4.78 is 0. The molecule has 0 saturated carbocycles. The predicted octanol–water partition coefficient (Wildman–Crippen LogP) is 2.56. The van der Waals surface area contributed by atoms with Crippen molar-refractivity contribution in [1.29, 1.82) is 0 Å². The SMILES string of the molecule is Cc1cc(C(=O)Cn2nnc(-c3ccc(C(N)=O)cc3)n2)c(C)c(C)c1C. The fourth-order valence-corrected chi connectivity index (χ4v) is 2.92. The number of amides is 1. The monoisotopic (exact) mass is 363 g/mol. The number of aryl methyl sites for hydroxylation is 1. The van der Waals surface area contributed by atoms with Gasteiger partial charge in [0.1, 0.15) is 6.54 Å². The number of tetrazole rings is 1. The second kappa shape index (κ2) is 7.11. The number of aromatic nitrogens is 4. The zero-order chi connectivity index (χ0) is 19.7. The van der Waals surface area contributed by atoms with Crippen molar-refractivity contribution in [3.05, 3.63) is 63.7 Å². The van der Waals surface area contributed by atoms with Crippen LogP contribution in [0.25, 0.3) is 11.4 Å². The first-order chi connectivity index (χ1) is 12.8. The van der Waals surface area contributed by atoms with Gasteiger partial charge in [-0.2, -0.15) is 4.80 Å². The highest BCUT2D eigenvalue weighted by molar-refractivity contribution is 5.98. The Morgan fingerprint density at radius 2 is 1.67 bits per heavy atom. The van der Waals surface area contributed by atoms with Crippen molar-refractivity contribution >= 4 is 11.7 Å². The van der Waals surface area contributed by atoms with Crippen LogP contribution in [0.4, 0.5) is 0 Å². The highest BCUT2D eigenvalue weighted by Crippen LogP contribution is 2.22. The van der Waals surface area contributed by atoms with Gasteiger partial charge in [-0.15, -0.1) is 10.2 Å². The molecule has 0 aliphatic rings. The first kappa shape index (κ1) is 18.4. The summed E-state index contributed by atoms with van der Waals surface area (Å²) in [7, 11) is 0.